The van der Waals surface area contributed by atoms with Gasteiger partial charge in [-0.1, -0.05) is 40.6 Å². The summed E-state index contributed by atoms with van der Waals surface area (Å²) in [7, 11) is 1.56. The minimum atomic E-state index is -0.967. The van der Waals surface area contributed by atoms with E-state index in [0.29, 0.717) is 32.5 Å². The van der Waals surface area contributed by atoms with Gasteiger partial charge in [-0.2, -0.15) is 0 Å². The minimum absolute atomic E-state index is 0.0774. The van der Waals surface area contributed by atoms with Gasteiger partial charge < -0.3 is 9.84 Å². The molecule has 0 radical (unpaired) electrons. The molecule has 1 aliphatic rings. The number of rotatable bonds is 4. The zero-order chi connectivity index (χ0) is 24.0. The number of anilines is 1. The lowest BCUT2D eigenvalue weighted by Crippen LogP contribution is -2.29. The number of carbonyl (C=O) groups excluding carboxylic acids is 2. The molecule has 1 amide bonds. The lowest BCUT2D eigenvalue weighted by molar-refractivity contribution is -0.132. The number of ketones is 1. The van der Waals surface area contributed by atoms with Crippen molar-refractivity contribution in [3.63, 3.8) is 0 Å². The van der Waals surface area contributed by atoms with E-state index in [-0.39, 0.29) is 16.4 Å². The van der Waals surface area contributed by atoms with E-state index >= 15 is 0 Å². The number of Topliss-reactive ketones (excluding diaryl/α,β-unsaturated/α-hetero) is 1. The fourth-order valence-electron chi connectivity index (χ4n) is 3.82. The Morgan fingerprint density at radius 3 is 2.53 bits per heavy atom. The molecular formula is C24H15Cl2N3O4S. The predicted molar refractivity (Wildman–Crippen MR) is 132 cm³/mol. The monoisotopic (exact) mass is 511 g/mol. The Labute approximate surface area is 207 Å². The number of pyridine rings is 1. The molecule has 1 aliphatic heterocycles. The molecule has 34 heavy (non-hydrogen) atoms. The van der Waals surface area contributed by atoms with Crippen LogP contribution in [0, 0.1) is 0 Å². The van der Waals surface area contributed by atoms with Crippen molar-refractivity contribution >= 4 is 67.3 Å². The molecule has 1 atom stereocenters. The molecule has 0 saturated carbocycles. The summed E-state index contributed by atoms with van der Waals surface area (Å²) in [5, 5.41) is 12.0. The first-order chi connectivity index (χ1) is 16.4. The topological polar surface area (TPSA) is 92.6 Å². The van der Waals surface area contributed by atoms with E-state index < -0.39 is 17.7 Å². The van der Waals surface area contributed by atoms with Crippen LogP contribution in [-0.4, -0.2) is 33.9 Å². The van der Waals surface area contributed by atoms with Crippen molar-refractivity contribution in [2.75, 3.05) is 12.0 Å². The Morgan fingerprint density at radius 2 is 1.82 bits per heavy atom. The van der Waals surface area contributed by atoms with Crippen LogP contribution in [0.2, 0.25) is 10.0 Å². The average molecular weight is 512 g/mol. The lowest BCUT2D eigenvalue weighted by atomic mass is 9.95. The highest BCUT2D eigenvalue weighted by Crippen LogP contribution is 2.45. The summed E-state index contributed by atoms with van der Waals surface area (Å²) in [4.78, 5) is 36.3. The number of aromatic nitrogens is 2. The largest absolute Gasteiger partial charge is 0.507 e. The maximum atomic E-state index is 13.3. The van der Waals surface area contributed by atoms with E-state index in [2.05, 4.69) is 9.97 Å². The molecular weight excluding hydrogens is 497 g/mol. The molecule has 2 aromatic carbocycles. The van der Waals surface area contributed by atoms with Gasteiger partial charge >= 0.3 is 5.91 Å². The van der Waals surface area contributed by atoms with Crippen LogP contribution in [0.25, 0.3) is 16.0 Å². The standard InChI is InChI=1S/C24H15Cl2N3O4S/c1-33-14-3-5-17-18(11-14)34-24(28-17)29-20(13-2-4-15(25)16(26)10-13)19(22(31)23(29)32)21(30)12-6-8-27-9-7-12/h2-11,20,30H,1H3. The van der Waals surface area contributed by atoms with E-state index in [9.17, 15) is 14.7 Å². The highest BCUT2D eigenvalue weighted by Gasteiger charge is 2.48. The molecule has 10 heteroatoms. The lowest BCUT2D eigenvalue weighted by Gasteiger charge is -2.23. The predicted octanol–water partition coefficient (Wildman–Crippen LogP) is 5.63. The van der Waals surface area contributed by atoms with Crippen molar-refractivity contribution < 1.29 is 19.4 Å². The molecule has 1 N–H and O–H groups in total. The summed E-state index contributed by atoms with van der Waals surface area (Å²) in [6.45, 7) is 0. The highest BCUT2D eigenvalue weighted by molar-refractivity contribution is 7.22. The van der Waals surface area contributed by atoms with E-state index in [1.54, 1.807) is 55.6 Å². The second kappa shape index (κ2) is 8.72. The summed E-state index contributed by atoms with van der Waals surface area (Å²) in [6.07, 6.45) is 2.97. The Kier molecular flexibility index (Phi) is 5.73. The van der Waals surface area contributed by atoms with E-state index in [1.165, 1.54) is 28.6 Å². The second-order valence-corrected chi connectivity index (χ2v) is 9.23. The molecule has 0 bridgehead atoms. The van der Waals surface area contributed by atoms with E-state index in [0.717, 1.165) is 4.70 Å². The molecule has 170 valence electrons. The third kappa shape index (κ3) is 3.69. The fraction of sp³-hybridized carbons (Fsp3) is 0.0833. The number of fused-ring (bicyclic) bond motifs is 1. The number of amides is 1. The summed E-state index contributed by atoms with van der Waals surface area (Å²) >= 11 is 13.6. The zero-order valence-electron chi connectivity index (χ0n) is 17.5. The number of hydrogen-bond acceptors (Lipinski definition) is 7. The van der Waals surface area contributed by atoms with Crippen molar-refractivity contribution in [3.05, 3.63) is 87.7 Å². The molecule has 4 aromatic rings. The SMILES string of the molecule is COc1ccc2nc(N3C(=O)C(=O)C(=C(O)c4ccncc4)C3c3ccc(Cl)c(Cl)c3)sc2c1. The van der Waals surface area contributed by atoms with Gasteiger partial charge in [0.1, 0.15) is 11.5 Å². The number of methoxy groups -OCH3 is 1. The molecule has 0 spiro atoms. The Balaban J connectivity index is 1.74. The summed E-state index contributed by atoms with van der Waals surface area (Å²) < 4.78 is 6.06. The maximum absolute atomic E-state index is 13.3. The van der Waals surface area contributed by atoms with Crippen LogP contribution in [-0.2, 0) is 9.59 Å². The molecule has 0 aliphatic carbocycles. The average Bonchev–Trinajstić information content (AvgIpc) is 3.38. The van der Waals surface area contributed by atoms with Crippen molar-refractivity contribution in [2.45, 2.75) is 6.04 Å². The normalized spacial score (nSPS) is 17.5. The number of carbonyl (C=O) groups is 2. The van der Waals surface area contributed by atoms with Crippen LogP contribution in [0.5, 0.6) is 5.75 Å². The van der Waals surface area contributed by atoms with Crippen molar-refractivity contribution in [1.29, 1.82) is 0 Å². The van der Waals surface area contributed by atoms with E-state index in [4.69, 9.17) is 27.9 Å². The van der Waals surface area contributed by atoms with E-state index in [1.807, 2.05) is 0 Å². The third-order valence-corrected chi connectivity index (χ3v) is 7.20. The Bertz CT molecular complexity index is 1490. The molecule has 5 rings (SSSR count). The van der Waals surface area contributed by atoms with Crippen LogP contribution < -0.4 is 9.64 Å². The van der Waals surface area contributed by atoms with Gasteiger partial charge in [0, 0.05) is 18.0 Å². The van der Waals surface area contributed by atoms with Crippen molar-refractivity contribution in [1.82, 2.24) is 9.97 Å². The fourth-order valence-corrected chi connectivity index (χ4v) is 5.14. The van der Waals surface area contributed by atoms with Gasteiger partial charge in [-0.25, -0.2) is 4.98 Å². The molecule has 1 saturated heterocycles. The van der Waals surface area contributed by atoms with Crippen LogP contribution >= 0.6 is 34.5 Å². The molecule has 2 aromatic heterocycles. The maximum Gasteiger partial charge on any atom is 0.301 e. The zero-order valence-corrected chi connectivity index (χ0v) is 19.9. The first-order valence-electron chi connectivity index (χ1n) is 10.00. The van der Waals surface area contributed by atoms with Gasteiger partial charge in [0.2, 0.25) is 0 Å². The third-order valence-electron chi connectivity index (χ3n) is 5.45. The number of benzene rings is 2. The van der Waals surface area contributed by atoms with Crippen LogP contribution in [0.3, 0.4) is 0 Å². The minimum Gasteiger partial charge on any atom is -0.507 e. The molecule has 1 unspecified atom stereocenters. The molecule has 3 heterocycles. The number of ether oxygens (including phenoxy) is 1. The number of aliphatic hydroxyl groups excluding tert-OH is 1. The summed E-state index contributed by atoms with van der Waals surface area (Å²) in [5.41, 5.74) is 1.42. The molecule has 7 nitrogen and oxygen atoms in total. The Morgan fingerprint density at radius 1 is 1.06 bits per heavy atom. The van der Waals surface area contributed by atoms with Gasteiger partial charge in [-0.15, -0.1) is 0 Å². The van der Waals surface area contributed by atoms with Crippen molar-refractivity contribution in [2.24, 2.45) is 0 Å². The number of thiazole rings is 1. The van der Waals surface area contributed by atoms with Crippen LogP contribution in [0.1, 0.15) is 17.2 Å². The first kappa shape index (κ1) is 22.3. The summed E-state index contributed by atoms with van der Waals surface area (Å²) in [6, 6.07) is 12.3. The van der Waals surface area contributed by atoms with Gasteiger partial charge in [0.25, 0.3) is 5.78 Å². The van der Waals surface area contributed by atoms with Crippen LogP contribution in [0.15, 0.2) is 66.5 Å². The smallest absolute Gasteiger partial charge is 0.301 e. The Hall–Kier alpha value is -3.46. The first-order valence-corrected chi connectivity index (χ1v) is 11.6. The van der Waals surface area contributed by atoms with Crippen LogP contribution in [0.4, 0.5) is 5.13 Å². The highest BCUT2D eigenvalue weighted by atomic mass is 35.5. The number of aliphatic hydroxyl groups is 1. The second-order valence-electron chi connectivity index (χ2n) is 7.41. The number of halogens is 2. The quantitative estimate of drug-likeness (QED) is 0.216. The van der Waals surface area contributed by atoms with Crippen molar-refractivity contribution in [3.8, 4) is 5.75 Å². The summed E-state index contributed by atoms with van der Waals surface area (Å²) in [5.74, 6) is -1.31. The van der Waals surface area contributed by atoms with Gasteiger partial charge in [-0.3, -0.25) is 19.5 Å². The van der Waals surface area contributed by atoms with Gasteiger partial charge in [0.05, 0.1) is 39.0 Å². The number of hydrogen-bond donors (Lipinski definition) is 1. The van der Waals surface area contributed by atoms with Gasteiger partial charge in [-0.05, 0) is 48.0 Å². The van der Waals surface area contributed by atoms with Gasteiger partial charge in [0.15, 0.2) is 5.13 Å². The molecule has 1 fully saturated rings. The number of nitrogens with zero attached hydrogens (tertiary/aromatic N) is 3.